The zero-order valence-electron chi connectivity index (χ0n) is 17.0. The van der Waals surface area contributed by atoms with Gasteiger partial charge in [0.05, 0.1) is 4.90 Å². The van der Waals surface area contributed by atoms with Crippen LogP contribution in [0.5, 0.6) is 0 Å². The molecular weight excluding hydrogens is 431 g/mol. The molecule has 1 aliphatic rings. The van der Waals surface area contributed by atoms with E-state index < -0.39 is 26.1 Å². The van der Waals surface area contributed by atoms with Crippen molar-refractivity contribution in [3.05, 3.63) is 65.2 Å². The molecule has 31 heavy (non-hydrogen) atoms. The number of amides is 1. The van der Waals surface area contributed by atoms with Gasteiger partial charge in [-0.05, 0) is 42.4 Å². The van der Waals surface area contributed by atoms with E-state index in [1.165, 1.54) is 0 Å². The van der Waals surface area contributed by atoms with Crippen LogP contribution in [0.1, 0.15) is 21.5 Å². The largest absolute Gasteiger partial charge is 0.501 e. The topological polar surface area (TPSA) is 69.7 Å². The summed E-state index contributed by atoms with van der Waals surface area (Å²) >= 11 is 0. The Hall–Kier alpha value is -2.43. The molecule has 1 amide bonds. The number of alkyl halides is 3. The van der Waals surface area contributed by atoms with Crippen molar-refractivity contribution in [2.75, 3.05) is 33.2 Å². The predicted molar refractivity (Wildman–Crippen MR) is 110 cm³/mol. The molecule has 0 bridgehead atoms. The van der Waals surface area contributed by atoms with Crippen molar-refractivity contribution in [3.63, 3.8) is 0 Å². The second-order valence-corrected chi connectivity index (χ2v) is 9.50. The smallest absolute Gasteiger partial charge is 0.348 e. The van der Waals surface area contributed by atoms with Crippen LogP contribution in [0.3, 0.4) is 0 Å². The molecule has 1 N–H and O–H groups in total. The molecule has 0 radical (unpaired) electrons. The Kier molecular flexibility index (Phi) is 7.03. The van der Waals surface area contributed by atoms with Crippen molar-refractivity contribution >= 4 is 15.7 Å². The van der Waals surface area contributed by atoms with Gasteiger partial charge >= 0.3 is 5.51 Å². The van der Waals surface area contributed by atoms with E-state index in [1.54, 1.807) is 0 Å². The van der Waals surface area contributed by atoms with Gasteiger partial charge in [0.25, 0.3) is 15.7 Å². The van der Waals surface area contributed by atoms with E-state index in [-0.39, 0.29) is 12.1 Å². The van der Waals surface area contributed by atoms with E-state index in [4.69, 9.17) is 0 Å². The molecule has 0 atom stereocenters. The lowest BCUT2D eigenvalue weighted by Gasteiger charge is -2.32. The third-order valence-electron chi connectivity index (χ3n) is 5.18. The lowest BCUT2D eigenvalue weighted by molar-refractivity contribution is -0.0436. The van der Waals surface area contributed by atoms with Gasteiger partial charge in [0, 0.05) is 44.8 Å². The highest BCUT2D eigenvalue weighted by atomic mass is 32.2. The summed E-state index contributed by atoms with van der Waals surface area (Å²) in [6, 6.07) is 11.6. The molecule has 3 rings (SSSR count). The molecule has 1 saturated heterocycles. The van der Waals surface area contributed by atoms with Crippen LogP contribution in [-0.2, 0) is 22.9 Å². The summed E-state index contributed by atoms with van der Waals surface area (Å²) in [5.41, 5.74) is -3.27. The summed E-state index contributed by atoms with van der Waals surface area (Å²) in [5.74, 6) is -0.500. The van der Waals surface area contributed by atoms with Crippen LogP contribution >= 0.6 is 0 Å². The molecule has 1 aliphatic heterocycles. The number of benzene rings is 2. The maximum absolute atomic E-state index is 12.6. The van der Waals surface area contributed by atoms with Gasteiger partial charge in [0.15, 0.2) is 0 Å². The highest BCUT2D eigenvalue weighted by Gasteiger charge is 2.46. The van der Waals surface area contributed by atoms with Gasteiger partial charge in [0.1, 0.15) is 0 Å². The number of carbonyl (C=O) groups is 1. The third-order valence-corrected chi connectivity index (χ3v) is 6.68. The summed E-state index contributed by atoms with van der Waals surface area (Å²) in [7, 11) is -3.33. The average molecular weight is 456 g/mol. The fourth-order valence-corrected chi connectivity index (χ4v) is 4.07. The molecule has 0 saturated carbocycles. The van der Waals surface area contributed by atoms with Crippen LogP contribution in [0.25, 0.3) is 0 Å². The number of hydrogen-bond donors (Lipinski definition) is 1. The molecule has 0 aromatic heterocycles. The van der Waals surface area contributed by atoms with E-state index in [1.807, 2.05) is 24.3 Å². The van der Waals surface area contributed by atoms with E-state index in [2.05, 4.69) is 22.2 Å². The number of nitrogens with one attached hydrogen (secondary N) is 1. The zero-order valence-corrected chi connectivity index (χ0v) is 17.8. The van der Waals surface area contributed by atoms with Crippen LogP contribution in [0.15, 0.2) is 53.4 Å². The fourth-order valence-electron chi connectivity index (χ4n) is 3.31. The van der Waals surface area contributed by atoms with E-state index in [9.17, 15) is 26.4 Å². The van der Waals surface area contributed by atoms with Crippen molar-refractivity contribution in [1.82, 2.24) is 15.1 Å². The maximum Gasteiger partial charge on any atom is 0.501 e. The number of hydrogen-bond acceptors (Lipinski definition) is 5. The van der Waals surface area contributed by atoms with Gasteiger partial charge in [-0.3, -0.25) is 9.69 Å². The van der Waals surface area contributed by atoms with E-state index >= 15 is 0 Å². The minimum absolute atomic E-state index is 0.0784. The number of rotatable bonds is 6. The highest BCUT2D eigenvalue weighted by Crippen LogP contribution is 2.30. The minimum atomic E-state index is -5.43. The lowest BCUT2D eigenvalue weighted by Crippen LogP contribution is -2.43. The van der Waals surface area contributed by atoms with Gasteiger partial charge in [0.2, 0.25) is 0 Å². The number of halogens is 3. The summed E-state index contributed by atoms with van der Waals surface area (Å²) < 4.78 is 60.6. The lowest BCUT2D eigenvalue weighted by atomic mass is 10.1. The Labute approximate surface area is 179 Å². The first-order valence-corrected chi connectivity index (χ1v) is 11.2. The maximum atomic E-state index is 12.6. The van der Waals surface area contributed by atoms with Crippen LogP contribution in [0, 0.1) is 0 Å². The summed E-state index contributed by atoms with van der Waals surface area (Å²) in [5, 5.41) is 2.71. The summed E-state index contributed by atoms with van der Waals surface area (Å²) in [6.07, 6.45) is 0. The van der Waals surface area contributed by atoms with Crippen LogP contribution < -0.4 is 5.32 Å². The number of nitrogens with zero attached hydrogens (tertiary/aromatic N) is 2. The second kappa shape index (κ2) is 9.37. The molecule has 1 heterocycles. The van der Waals surface area contributed by atoms with Crippen molar-refractivity contribution in [1.29, 1.82) is 0 Å². The van der Waals surface area contributed by atoms with Crippen molar-refractivity contribution < 1.29 is 26.4 Å². The Morgan fingerprint density at radius 2 is 1.61 bits per heavy atom. The minimum Gasteiger partial charge on any atom is -0.348 e. The molecule has 10 heteroatoms. The molecule has 2 aromatic carbocycles. The molecular formula is C21H24F3N3O3S. The summed E-state index contributed by atoms with van der Waals surface area (Å²) in [4.78, 5) is 16.1. The first-order valence-electron chi connectivity index (χ1n) is 9.74. The molecule has 0 aliphatic carbocycles. The molecule has 2 aromatic rings. The Balaban J connectivity index is 1.58. The van der Waals surface area contributed by atoms with Crippen LogP contribution in [-0.4, -0.2) is 62.9 Å². The van der Waals surface area contributed by atoms with Crippen molar-refractivity contribution in [2.24, 2.45) is 0 Å². The molecule has 6 nitrogen and oxygen atoms in total. The average Bonchev–Trinajstić information content (AvgIpc) is 2.73. The van der Waals surface area contributed by atoms with Gasteiger partial charge in [-0.15, -0.1) is 0 Å². The SMILES string of the molecule is CN1CCN(Cc2cccc(CNC(=O)c3ccc(S(=O)(=O)C(F)(F)F)cc3)c2)CC1. The van der Waals surface area contributed by atoms with Gasteiger partial charge in [-0.1, -0.05) is 24.3 Å². The molecule has 1 fully saturated rings. The van der Waals surface area contributed by atoms with E-state index in [0.717, 1.165) is 68.1 Å². The Morgan fingerprint density at radius 3 is 2.23 bits per heavy atom. The van der Waals surface area contributed by atoms with Crippen LogP contribution in [0.2, 0.25) is 0 Å². The second-order valence-electron chi connectivity index (χ2n) is 7.56. The highest BCUT2D eigenvalue weighted by molar-refractivity contribution is 7.92. The number of likely N-dealkylation sites (N-methyl/N-ethyl adjacent to an activating group) is 1. The van der Waals surface area contributed by atoms with Crippen molar-refractivity contribution in [2.45, 2.75) is 23.5 Å². The third kappa shape index (κ3) is 5.84. The fraction of sp³-hybridized carbons (Fsp3) is 0.381. The first kappa shape index (κ1) is 23.2. The van der Waals surface area contributed by atoms with Crippen LogP contribution in [0.4, 0.5) is 13.2 Å². The number of sulfone groups is 1. The summed E-state index contributed by atoms with van der Waals surface area (Å²) in [6.45, 7) is 5.12. The Bertz CT molecular complexity index is 1020. The van der Waals surface area contributed by atoms with Crippen molar-refractivity contribution in [3.8, 4) is 0 Å². The van der Waals surface area contributed by atoms with Gasteiger partial charge < -0.3 is 10.2 Å². The molecule has 0 unspecified atom stereocenters. The monoisotopic (exact) mass is 455 g/mol. The van der Waals surface area contributed by atoms with E-state index in [0.29, 0.717) is 0 Å². The van der Waals surface area contributed by atoms with Gasteiger partial charge in [-0.25, -0.2) is 8.42 Å². The number of carbonyl (C=O) groups excluding carboxylic acids is 1. The Morgan fingerprint density at radius 1 is 1.00 bits per heavy atom. The molecule has 0 spiro atoms. The predicted octanol–water partition coefficient (Wildman–Crippen LogP) is 2.66. The van der Waals surface area contributed by atoms with Gasteiger partial charge in [-0.2, -0.15) is 13.2 Å². The normalized spacial score (nSPS) is 16.3. The number of piperazine rings is 1. The quantitative estimate of drug-likeness (QED) is 0.726. The molecule has 168 valence electrons. The zero-order chi connectivity index (χ0) is 22.6. The first-order chi connectivity index (χ1) is 14.6. The standard InChI is InChI=1S/C21H24F3N3O3S/c1-26-9-11-27(12-10-26)15-17-4-2-3-16(13-17)14-25-20(28)18-5-7-19(8-6-18)31(29,30)21(22,23)24/h2-8,13H,9-12,14-15H2,1H3,(H,25,28).